The van der Waals surface area contributed by atoms with Gasteiger partial charge in [-0.25, -0.2) is 0 Å². The molecule has 2 N–H and O–H groups in total. The molecule has 6 heteroatoms. The lowest BCUT2D eigenvalue weighted by Crippen LogP contribution is -2.17. The Kier molecular flexibility index (Phi) is 10.1. The third-order valence-corrected chi connectivity index (χ3v) is 4.66. The Labute approximate surface area is 178 Å². The Morgan fingerprint density at radius 3 is 2.17 bits per heavy atom. The second-order valence-electron chi connectivity index (χ2n) is 7.08. The van der Waals surface area contributed by atoms with Crippen molar-refractivity contribution in [1.82, 2.24) is 5.32 Å². The number of carbonyl (C=O) groups excluding carboxylic acids is 3. The van der Waals surface area contributed by atoms with E-state index in [1.54, 1.807) is 7.05 Å². The van der Waals surface area contributed by atoms with Gasteiger partial charge >= 0.3 is 5.97 Å². The second kappa shape index (κ2) is 13.1. The molecule has 0 saturated heterocycles. The molecule has 30 heavy (non-hydrogen) atoms. The molecule has 2 amide bonds. The molecule has 2 aromatic carbocycles. The van der Waals surface area contributed by atoms with E-state index in [1.807, 2.05) is 42.5 Å². The topological polar surface area (TPSA) is 84.5 Å². The zero-order chi connectivity index (χ0) is 21.6. The van der Waals surface area contributed by atoms with Gasteiger partial charge in [-0.05, 0) is 48.9 Å². The molecule has 0 aliphatic rings. The van der Waals surface area contributed by atoms with Crippen LogP contribution >= 0.6 is 0 Å². The normalized spacial score (nSPS) is 10.3. The lowest BCUT2D eigenvalue weighted by molar-refractivity contribution is -0.143. The van der Waals surface area contributed by atoms with Gasteiger partial charge in [0.05, 0.1) is 6.61 Å². The summed E-state index contributed by atoms with van der Waals surface area (Å²) in [4.78, 5) is 35.1. The Balaban J connectivity index is 1.56. The average Bonchev–Trinajstić information content (AvgIpc) is 2.76. The lowest BCUT2D eigenvalue weighted by Gasteiger charge is -2.07. The van der Waals surface area contributed by atoms with Crippen molar-refractivity contribution in [2.75, 3.05) is 19.0 Å². The highest BCUT2D eigenvalue weighted by atomic mass is 16.5. The van der Waals surface area contributed by atoms with E-state index in [-0.39, 0.29) is 30.6 Å². The molecule has 0 aliphatic carbocycles. The Morgan fingerprint density at radius 1 is 0.767 bits per heavy atom. The molecular formula is C24H30N2O4. The Morgan fingerprint density at radius 2 is 1.47 bits per heavy atom. The summed E-state index contributed by atoms with van der Waals surface area (Å²) < 4.78 is 5.23. The third-order valence-electron chi connectivity index (χ3n) is 4.66. The van der Waals surface area contributed by atoms with E-state index in [0.717, 1.165) is 18.4 Å². The van der Waals surface area contributed by atoms with Gasteiger partial charge in [-0.15, -0.1) is 0 Å². The van der Waals surface area contributed by atoms with Gasteiger partial charge in [0.2, 0.25) is 11.8 Å². The van der Waals surface area contributed by atoms with Crippen LogP contribution in [0.1, 0.15) is 43.2 Å². The number of nitrogens with one attached hydrogen (secondary N) is 2. The monoisotopic (exact) mass is 410 g/mol. The van der Waals surface area contributed by atoms with Gasteiger partial charge in [-0.3, -0.25) is 14.4 Å². The summed E-state index contributed by atoms with van der Waals surface area (Å²) in [5.74, 6) is -0.400. The highest BCUT2D eigenvalue weighted by Crippen LogP contribution is 2.12. The van der Waals surface area contributed by atoms with Crippen LogP contribution in [0.25, 0.3) is 0 Å². The van der Waals surface area contributed by atoms with Crippen LogP contribution in [0.2, 0.25) is 0 Å². The van der Waals surface area contributed by atoms with Crippen LogP contribution in [-0.4, -0.2) is 31.4 Å². The molecule has 0 radical (unpaired) electrons. The number of hydrogen-bond acceptors (Lipinski definition) is 4. The number of esters is 1. The quantitative estimate of drug-likeness (QED) is 0.413. The van der Waals surface area contributed by atoms with E-state index in [4.69, 9.17) is 4.74 Å². The van der Waals surface area contributed by atoms with Crippen molar-refractivity contribution in [2.24, 2.45) is 0 Å². The summed E-state index contributed by atoms with van der Waals surface area (Å²) in [6, 6.07) is 17.5. The summed E-state index contributed by atoms with van der Waals surface area (Å²) in [6.45, 7) is 0.395. The number of hydrogen-bond donors (Lipinski definition) is 2. The largest absolute Gasteiger partial charge is 0.466 e. The van der Waals surface area contributed by atoms with E-state index < -0.39 is 0 Å². The fourth-order valence-corrected chi connectivity index (χ4v) is 2.93. The van der Waals surface area contributed by atoms with Crippen molar-refractivity contribution >= 4 is 23.5 Å². The van der Waals surface area contributed by atoms with Crippen LogP contribution in [0.5, 0.6) is 0 Å². The second-order valence-corrected chi connectivity index (χ2v) is 7.08. The lowest BCUT2D eigenvalue weighted by atomic mass is 10.1. The van der Waals surface area contributed by atoms with Gasteiger partial charge in [0.1, 0.15) is 0 Å². The van der Waals surface area contributed by atoms with Gasteiger partial charge in [0, 0.05) is 32.0 Å². The van der Waals surface area contributed by atoms with Crippen molar-refractivity contribution in [2.45, 2.75) is 44.9 Å². The zero-order valence-electron chi connectivity index (χ0n) is 17.5. The number of rotatable bonds is 12. The molecule has 160 valence electrons. The molecule has 2 rings (SSSR count). The molecule has 0 unspecified atom stereocenters. The molecule has 0 saturated carbocycles. The van der Waals surface area contributed by atoms with Crippen LogP contribution in [0, 0.1) is 0 Å². The third kappa shape index (κ3) is 9.37. The van der Waals surface area contributed by atoms with Gasteiger partial charge in [0.15, 0.2) is 0 Å². The first-order valence-corrected chi connectivity index (χ1v) is 10.4. The van der Waals surface area contributed by atoms with Crippen LogP contribution in [0.15, 0.2) is 54.6 Å². The minimum absolute atomic E-state index is 0.00194. The maximum Gasteiger partial charge on any atom is 0.305 e. The van der Waals surface area contributed by atoms with Gasteiger partial charge < -0.3 is 15.4 Å². The van der Waals surface area contributed by atoms with Crippen LogP contribution in [-0.2, 0) is 32.0 Å². The first-order chi connectivity index (χ1) is 14.6. The van der Waals surface area contributed by atoms with Gasteiger partial charge in [0.25, 0.3) is 0 Å². The van der Waals surface area contributed by atoms with Gasteiger partial charge in [-0.1, -0.05) is 42.5 Å². The van der Waals surface area contributed by atoms with Crippen molar-refractivity contribution in [1.29, 1.82) is 0 Å². The van der Waals surface area contributed by atoms with E-state index in [2.05, 4.69) is 22.8 Å². The van der Waals surface area contributed by atoms with E-state index in [9.17, 15) is 14.4 Å². The minimum atomic E-state index is -0.267. The summed E-state index contributed by atoms with van der Waals surface area (Å²) in [5.41, 5.74) is 2.96. The highest BCUT2D eigenvalue weighted by molar-refractivity contribution is 5.90. The predicted octanol–water partition coefficient (Wildman–Crippen LogP) is 3.65. The maximum absolute atomic E-state index is 12.0. The molecule has 0 heterocycles. The number of amides is 2. The van der Waals surface area contributed by atoms with E-state index in [0.29, 0.717) is 31.6 Å². The van der Waals surface area contributed by atoms with Crippen LogP contribution < -0.4 is 10.6 Å². The summed E-state index contributed by atoms with van der Waals surface area (Å²) >= 11 is 0. The SMILES string of the molecule is CNC(=O)CCc1ccc(NC(=O)CCCC(=O)OCCCc2ccccc2)cc1. The molecule has 0 bridgehead atoms. The average molecular weight is 411 g/mol. The summed E-state index contributed by atoms with van der Waals surface area (Å²) in [6.07, 6.45) is 3.70. The first kappa shape index (κ1) is 23.1. The standard InChI is InChI=1S/C24H30N2O4/c1-25-22(27)17-14-20-12-15-21(16-13-20)26-23(28)10-5-11-24(29)30-18-6-9-19-7-3-2-4-8-19/h2-4,7-8,12-13,15-16H,5-6,9-11,14,17-18H2,1H3,(H,25,27)(H,26,28). The molecule has 0 aromatic heterocycles. The molecular weight excluding hydrogens is 380 g/mol. The molecule has 0 spiro atoms. The fraction of sp³-hybridized carbons (Fsp3) is 0.375. The Bertz CT molecular complexity index is 804. The number of ether oxygens (including phenoxy) is 1. The summed E-state index contributed by atoms with van der Waals surface area (Å²) in [5, 5.41) is 5.41. The van der Waals surface area contributed by atoms with Crippen molar-refractivity contribution in [3.63, 3.8) is 0 Å². The molecule has 0 aliphatic heterocycles. The van der Waals surface area contributed by atoms with E-state index in [1.165, 1.54) is 5.56 Å². The predicted molar refractivity (Wildman–Crippen MR) is 117 cm³/mol. The number of aryl methyl sites for hydroxylation is 2. The van der Waals surface area contributed by atoms with E-state index >= 15 is 0 Å². The highest BCUT2D eigenvalue weighted by Gasteiger charge is 2.07. The molecule has 2 aromatic rings. The number of carbonyl (C=O) groups is 3. The van der Waals surface area contributed by atoms with Crippen LogP contribution in [0.3, 0.4) is 0 Å². The maximum atomic E-state index is 12.0. The van der Waals surface area contributed by atoms with Crippen molar-refractivity contribution in [3.05, 3.63) is 65.7 Å². The fourth-order valence-electron chi connectivity index (χ4n) is 2.93. The minimum Gasteiger partial charge on any atom is -0.466 e. The molecule has 6 nitrogen and oxygen atoms in total. The first-order valence-electron chi connectivity index (χ1n) is 10.4. The van der Waals surface area contributed by atoms with Crippen molar-refractivity contribution in [3.8, 4) is 0 Å². The number of benzene rings is 2. The van der Waals surface area contributed by atoms with Crippen LogP contribution in [0.4, 0.5) is 5.69 Å². The van der Waals surface area contributed by atoms with Gasteiger partial charge in [-0.2, -0.15) is 0 Å². The Hall–Kier alpha value is -3.15. The smallest absolute Gasteiger partial charge is 0.305 e. The van der Waals surface area contributed by atoms with Crippen molar-refractivity contribution < 1.29 is 19.1 Å². The molecule has 0 atom stereocenters. The number of anilines is 1. The molecule has 0 fully saturated rings. The zero-order valence-corrected chi connectivity index (χ0v) is 17.5. The summed E-state index contributed by atoms with van der Waals surface area (Å²) in [7, 11) is 1.62.